The number of aromatic amines is 1. The van der Waals surface area contributed by atoms with Crippen molar-refractivity contribution in [3.8, 4) is 0 Å². The van der Waals surface area contributed by atoms with Gasteiger partial charge in [-0.15, -0.1) is 0 Å². The van der Waals surface area contributed by atoms with E-state index in [0.717, 1.165) is 0 Å². The van der Waals surface area contributed by atoms with Crippen LogP contribution in [0, 0.1) is 0 Å². The number of carbonyl (C=O) groups is 2. The van der Waals surface area contributed by atoms with E-state index in [9.17, 15) is 24.6 Å². The van der Waals surface area contributed by atoms with Crippen LogP contribution in [-0.2, 0) is 14.3 Å². The van der Waals surface area contributed by atoms with Crippen molar-refractivity contribution in [3.05, 3.63) is 16.7 Å². The Labute approximate surface area is 181 Å². The molecule has 0 bridgehead atoms. The lowest BCUT2D eigenvalue weighted by molar-refractivity contribution is -0.143. The zero-order chi connectivity index (χ0) is 23.4. The number of anilines is 1. The zero-order valence-electron chi connectivity index (χ0n) is 17.1. The van der Waals surface area contributed by atoms with E-state index in [0.29, 0.717) is 0 Å². The van der Waals surface area contributed by atoms with E-state index in [1.54, 1.807) is 0 Å². The van der Waals surface area contributed by atoms with Crippen LogP contribution in [0.3, 0.4) is 0 Å². The Morgan fingerprint density at radius 1 is 1.28 bits per heavy atom. The fourth-order valence-electron chi connectivity index (χ4n) is 3.72. The number of imidazole rings is 1. The maximum Gasteiger partial charge on any atom is 0.303 e. The molecule has 1 fully saturated rings. The van der Waals surface area contributed by atoms with E-state index in [2.05, 4.69) is 15.0 Å². The van der Waals surface area contributed by atoms with Crippen LogP contribution in [0.4, 0.5) is 5.95 Å². The number of carboxylic acids is 2. The second-order valence-electron chi connectivity index (χ2n) is 7.58. The number of nitrogens with two attached hydrogens (primary N) is 1. The van der Waals surface area contributed by atoms with Crippen LogP contribution in [0.15, 0.2) is 11.1 Å². The molecule has 7 N–H and O–H groups in total. The normalized spacial score (nSPS) is 21.9. The monoisotopic (exact) mass is 454 g/mol. The zero-order valence-corrected chi connectivity index (χ0v) is 17.1. The lowest BCUT2D eigenvalue weighted by Gasteiger charge is -2.32. The minimum Gasteiger partial charge on any atom is -0.481 e. The van der Waals surface area contributed by atoms with Crippen molar-refractivity contribution in [2.24, 2.45) is 0 Å². The number of carboxylic acid groups (broad SMARTS) is 2. The lowest BCUT2D eigenvalue weighted by Crippen LogP contribution is -2.48. The van der Waals surface area contributed by atoms with Crippen molar-refractivity contribution in [2.75, 3.05) is 18.8 Å². The first kappa shape index (κ1) is 23.6. The number of ether oxygens (including phenoxy) is 1. The molecule has 32 heavy (non-hydrogen) atoms. The average molecular weight is 454 g/mol. The van der Waals surface area contributed by atoms with Crippen LogP contribution in [0.1, 0.15) is 38.3 Å². The van der Waals surface area contributed by atoms with Crippen molar-refractivity contribution in [3.63, 3.8) is 0 Å². The molecule has 3 rings (SSSR count). The molecule has 0 radical (unpaired) electrons. The molecule has 14 nitrogen and oxygen atoms in total. The van der Waals surface area contributed by atoms with Crippen LogP contribution < -0.4 is 11.3 Å². The molecule has 1 aliphatic rings. The number of rotatable bonds is 11. The predicted octanol–water partition coefficient (Wildman–Crippen LogP) is -1.30. The number of H-pyrrole nitrogens is 1. The third kappa shape index (κ3) is 5.40. The van der Waals surface area contributed by atoms with Gasteiger partial charge in [-0.1, -0.05) is 0 Å². The van der Waals surface area contributed by atoms with Gasteiger partial charge >= 0.3 is 11.9 Å². The maximum atomic E-state index is 12.0. The fraction of sp³-hybridized carbons (Fsp3) is 0.611. The van der Waals surface area contributed by atoms with E-state index in [-0.39, 0.29) is 62.3 Å². The van der Waals surface area contributed by atoms with Gasteiger partial charge in [-0.3, -0.25) is 28.8 Å². The van der Waals surface area contributed by atoms with Gasteiger partial charge in [-0.25, -0.2) is 4.98 Å². The topological polar surface area (TPSA) is 217 Å². The van der Waals surface area contributed by atoms with Gasteiger partial charge in [0, 0.05) is 32.4 Å². The Kier molecular flexibility index (Phi) is 7.40. The van der Waals surface area contributed by atoms with Gasteiger partial charge in [-0.2, -0.15) is 4.98 Å². The largest absolute Gasteiger partial charge is 0.481 e. The molecule has 2 aromatic heterocycles. The van der Waals surface area contributed by atoms with Crippen LogP contribution in [0.2, 0.25) is 0 Å². The van der Waals surface area contributed by atoms with Crippen molar-refractivity contribution in [2.45, 2.75) is 56.8 Å². The number of hydrogen-bond donors (Lipinski definition) is 6. The summed E-state index contributed by atoms with van der Waals surface area (Å²) in [6, 6.07) is 0. The Hall–Kier alpha value is -3.07. The predicted molar refractivity (Wildman–Crippen MR) is 108 cm³/mol. The third-order valence-electron chi connectivity index (χ3n) is 5.24. The van der Waals surface area contributed by atoms with Gasteiger partial charge in [0.2, 0.25) is 5.95 Å². The molecule has 176 valence electrons. The van der Waals surface area contributed by atoms with Crippen molar-refractivity contribution < 1.29 is 34.8 Å². The minimum absolute atomic E-state index is 0.0465. The minimum atomic E-state index is -1.31. The van der Waals surface area contributed by atoms with E-state index in [4.69, 9.17) is 20.7 Å². The smallest absolute Gasteiger partial charge is 0.303 e. The lowest BCUT2D eigenvalue weighted by atomic mass is 10.1. The first-order valence-electron chi connectivity index (χ1n) is 10.1. The number of aliphatic hydroxyl groups excluding tert-OH is 2. The number of aromatic nitrogens is 4. The molecule has 1 unspecified atom stereocenters. The van der Waals surface area contributed by atoms with Crippen LogP contribution in [-0.4, -0.2) is 88.3 Å². The highest BCUT2D eigenvalue weighted by Crippen LogP contribution is 2.33. The number of aliphatic hydroxyl groups is 2. The van der Waals surface area contributed by atoms with Gasteiger partial charge in [0.05, 0.1) is 12.4 Å². The summed E-state index contributed by atoms with van der Waals surface area (Å²) in [5.41, 5.74) is 5.29. The summed E-state index contributed by atoms with van der Waals surface area (Å²) in [4.78, 5) is 45.5. The molecule has 0 aromatic carbocycles. The first-order chi connectivity index (χ1) is 15.2. The summed E-state index contributed by atoms with van der Waals surface area (Å²) >= 11 is 0. The summed E-state index contributed by atoms with van der Waals surface area (Å²) < 4.78 is 7.30. The average Bonchev–Trinajstić information content (AvgIpc) is 3.29. The molecule has 0 saturated carbocycles. The highest BCUT2D eigenvalue weighted by Gasteiger charge is 2.42. The molecule has 4 atom stereocenters. The van der Waals surface area contributed by atoms with Gasteiger partial charge in [-0.05, 0) is 12.8 Å². The van der Waals surface area contributed by atoms with Crippen molar-refractivity contribution in [1.29, 1.82) is 0 Å². The molecule has 3 heterocycles. The summed E-state index contributed by atoms with van der Waals surface area (Å²) in [5.74, 6) is -2.09. The highest BCUT2D eigenvalue weighted by molar-refractivity contribution is 5.70. The van der Waals surface area contributed by atoms with Crippen LogP contribution in [0.5, 0.6) is 0 Å². The molecule has 2 aromatic rings. The molecular weight excluding hydrogens is 428 g/mol. The summed E-state index contributed by atoms with van der Waals surface area (Å²) in [6.07, 6.45) is -2.65. The van der Waals surface area contributed by atoms with Gasteiger partial charge in [0.1, 0.15) is 18.6 Å². The second-order valence-corrected chi connectivity index (χ2v) is 7.58. The first-order valence-corrected chi connectivity index (χ1v) is 10.1. The van der Waals surface area contributed by atoms with E-state index in [1.807, 2.05) is 0 Å². The number of nitrogens with zero attached hydrogens (tertiary/aromatic N) is 4. The van der Waals surface area contributed by atoms with E-state index < -0.39 is 42.2 Å². The Morgan fingerprint density at radius 3 is 2.50 bits per heavy atom. The molecule has 0 amide bonds. The second kappa shape index (κ2) is 10.0. The van der Waals surface area contributed by atoms with Gasteiger partial charge in [0.25, 0.3) is 5.56 Å². The SMILES string of the molecule is Nc1nc2c(ncn2[C@H]2C[C@H](O)[C@@H](C(O)N(CCCC(=O)O)CCCC(=O)O)O2)c(=O)[nH]1. The Morgan fingerprint density at radius 2 is 1.91 bits per heavy atom. The molecule has 1 aliphatic heterocycles. The number of hydrogen-bond acceptors (Lipinski definition) is 10. The van der Waals surface area contributed by atoms with E-state index >= 15 is 0 Å². The number of nitrogen functional groups attached to an aromatic ring is 1. The summed E-state index contributed by atoms with van der Waals surface area (Å²) in [5, 5.41) is 39.1. The highest BCUT2D eigenvalue weighted by atomic mass is 16.5. The standard InChI is InChI=1S/C18H26N6O8/c19-18-21-15-13(16(30)22-18)20-8-24(15)10-7-9(25)14(32-10)17(31)23(5-1-3-11(26)27)6-2-4-12(28)29/h8-10,14,17,25,31H,1-7H2,(H,26,27)(H,28,29)(H3,19,21,22,30)/t9-,10+,14-,17?/m0/s1. The molecule has 14 heteroatoms. The molecule has 0 spiro atoms. The van der Waals surface area contributed by atoms with Crippen molar-refractivity contribution >= 4 is 29.1 Å². The van der Waals surface area contributed by atoms with Gasteiger partial charge < -0.3 is 30.9 Å². The number of nitrogens with one attached hydrogen (secondary N) is 1. The Balaban J connectivity index is 1.74. The molecular formula is C18H26N6O8. The summed E-state index contributed by atoms with van der Waals surface area (Å²) in [6.45, 7) is 0.345. The van der Waals surface area contributed by atoms with Crippen molar-refractivity contribution in [1.82, 2.24) is 24.4 Å². The maximum absolute atomic E-state index is 12.0. The van der Waals surface area contributed by atoms with Crippen LogP contribution in [0.25, 0.3) is 11.2 Å². The molecule has 0 aliphatic carbocycles. The van der Waals surface area contributed by atoms with Gasteiger partial charge in [0.15, 0.2) is 11.2 Å². The number of aliphatic carboxylic acids is 2. The van der Waals surface area contributed by atoms with E-state index in [1.165, 1.54) is 15.8 Å². The molecule has 1 saturated heterocycles. The Bertz CT molecular complexity index is 1000. The van der Waals surface area contributed by atoms with Crippen LogP contribution >= 0.6 is 0 Å². The summed E-state index contributed by atoms with van der Waals surface area (Å²) in [7, 11) is 0. The fourth-order valence-corrected chi connectivity index (χ4v) is 3.72. The number of fused-ring (bicyclic) bond motifs is 1. The quantitative estimate of drug-likeness (QED) is 0.218. The third-order valence-corrected chi connectivity index (χ3v) is 5.24.